The minimum atomic E-state index is -0.811. The molecule has 1 saturated heterocycles. The first kappa shape index (κ1) is 19.8. The Hall–Kier alpha value is -2.54. The lowest BCUT2D eigenvalue weighted by Crippen LogP contribution is -2.50. The molecule has 0 unspecified atom stereocenters. The van der Waals surface area contributed by atoms with Gasteiger partial charge in [0.15, 0.2) is 0 Å². The molecule has 3 aromatic rings. The molecule has 29 heavy (non-hydrogen) atoms. The Labute approximate surface area is 174 Å². The minimum Gasteiger partial charge on any atom is -0.492 e. The van der Waals surface area contributed by atoms with Gasteiger partial charge < -0.3 is 14.8 Å². The van der Waals surface area contributed by atoms with E-state index in [1.807, 2.05) is 54.7 Å². The van der Waals surface area contributed by atoms with Gasteiger partial charge in [-0.15, -0.1) is 0 Å². The molecular weight excluding hydrogens is 390 g/mol. The number of aliphatic carboxylic acids is 1. The Balaban J connectivity index is 1.34. The molecule has 1 aliphatic rings. The lowest BCUT2D eigenvalue weighted by atomic mass is 10.0. The monoisotopic (exact) mass is 413 g/mol. The van der Waals surface area contributed by atoms with E-state index in [1.54, 1.807) is 0 Å². The third-order valence-electron chi connectivity index (χ3n) is 5.41. The summed E-state index contributed by atoms with van der Waals surface area (Å²) in [4.78, 5) is 19.6. The number of carboxylic acid groups (broad SMARTS) is 1. The summed E-state index contributed by atoms with van der Waals surface area (Å²) in [5.41, 5.74) is 1.79. The highest BCUT2D eigenvalue weighted by molar-refractivity contribution is 6.30. The van der Waals surface area contributed by atoms with Crippen molar-refractivity contribution in [3.63, 3.8) is 0 Å². The molecule has 0 bridgehead atoms. The van der Waals surface area contributed by atoms with E-state index in [2.05, 4.69) is 14.8 Å². The van der Waals surface area contributed by atoms with Gasteiger partial charge in [-0.05, 0) is 30.3 Å². The Kier molecular flexibility index (Phi) is 6.04. The van der Waals surface area contributed by atoms with Gasteiger partial charge in [0, 0.05) is 60.4 Å². The third-order valence-corrected chi connectivity index (χ3v) is 5.66. The number of hydrogen-bond donors (Lipinski definition) is 2. The predicted octanol–water partition coefficient (Wildman–Crippen LogP) is 3.64. The van der Waals surface area contributed by atoms with Crippen LogP contribution in [0.15, 0.2) is 54.7 Å². The Bertz CT molecular complexity index is 965. The molecule has 0 aliphatic carbocycles. The standard InChI is InChI=1S/C22H24ClN3O3/c23-16-5-7-17(8-6-16)29-14-13-25-9-11-26(12-10-25)21(22(27)28)19-15-24-20-4-2-1-3-18(19)20/h1-8,15,21,24H,9-14H2,(H,27,28)/t21-/m0/s1. The smallest absolute Gasteiger partial charge is 0.325 e. The van der Waals surface area contributed by atoms with Crippen molar-refractivity contribution in [1.29, 1.82) is 0 Å². The van der Waals surface area contributed by atoms with E-state index in [0.29, 0.717) is 24.7 Å². The molecule has 152 valence electrons. The molecule has 0 radical (unpaired) electrons. The number of piperazine rings is 1. The van der Waals surface area contributed by atoms with Crippen LogP contribution in [0.4, 0.5) is 0 Å². The van der Waals surface area contributed by atoms with Gasteiger partial charge in [0.05, 0.1) is 0 Å². The van der Waals surface area contributed by atoms with Crippen LogP contribution >= 0.6 is 11.6 Å². The average Bonchev–Trinajstić information content (AvgIpc) is 3.14. The Morgan fingerprint density at radius 3 is 2.55 bits per heavy atom. The molecule has 0 saturated carbocycles. The van der Waals surface area contributed by atoms with Crippen LogP contribution in [0.3, 0.4) is 0 Å². The molecule has 2 N–H and O–H groups in total. The number of fused-ring (bicyclic) bond motifs is 1. The average molecular weight is 414 g/mol. The van der Waals surface area contributed by atoms with Crippen LogP contribution < -0.4 is 4.74 Å². The summed E-state index contributed by atoms with van der Waals surface area (Å²) >= 11 is 5.89. The molecule has 1 aromatic heterocycles. The highest BCUT2D eigenvalue weighted by atomic mass is 35.5. The SMILES string of the molecule is O=C(O)[C@H](c1c[nH]c2ccccc12)N1CCN(CCOc2ccc(Cl)cc2)CC1. The number of nitrogens with zero attached hydrogens (tertiary/aromatic N) is 2. The van der Waals surface area contributed by atoms with Crippen molar-refractivity contribution in [3.8, 4) is 5.75 Å². The zero-order valence-electron chi connectivity index (χ0n) is 16.1. The molecule has 0 amide bonds. The van der Waals surface area contributed by atoms with Crippen LogP contribution in [-0.2, 0) is 4.79 Å². The molecule has 4 rings (SSSR count). The van der Waals surface area contributed by atoms with E-state index in [-0.39, 0.29) is 0 Å². The number of nitrogens with one attached hydrogen (secondary N) is 1. The van der Waals surface area contributed by atoms with E-state index < -0.39 is 12.0 Å². The zero-order valence-corrected chi connectivity index (χ0v) is 16.8. The van der Waals surface area contributed by atoms with Crippen LogP contribution in [0.1, 0.15) is 11.6 Å². The molecule has 7 heteroatoms. The number of para-hydroxylation sites is 1. The zero-order chi connectivity index (χ0) is 20.2. The largest absolute Gasteiger partial charge is 0.492 e. The van der Waals surface area contributed by atoms with Gasteiger partial charge in [-0.25, -0.2) is 0 Å². The number of rotatable bonds is 7. The lowest BCUT2D eigenvalue weighted by molar-refractivity contribution is -0.144. The quantitative estimate of drug-likeness (QED) is 0.618. The second-order valence-electron chi connectivity index (χ2n) is 7.21. The van der Waals surface area contributed by atoms with E-state index in [0.717, 1.165) is 41.9 Å². The van der Waals surface area contributed by atoms with Crippen molar-refractivity contribution in [2.24, 2.45) is 0 Å². The first-order chi connectivity index (χ1) is 14.1. The number of carboxylic acids is 1. The summed E-state index contributed by atoms with van der Waals surface area (Å²) in [6.07, 6.45) is 1.83. The molecule has 1 atom stereocenters. The van der Waals surface area contributed by atoms with E-state index in [4.69, 9.17) is 16.3 Å². The highest BCUT2D eigenvalue weighted by Crippen LogP contribution is 2.29. The number of aromatic amines is 1. The molecule has 2 heterocycles. The van der Waals surface area contributed by atoms with E-state index in [9.17, 15) is 9.90 Å². The number of aromatic nitrogens is 1. The first-order valence-corrected chi connectivity index (χ1v) is 10.1. The van der Waals surface area contributed by atoms with E-state index >= 15 is 0 Å². The number of halogens is 1. The molecule has 6 nitrogen and oxygen atoms in total. The van der Waals surface area contributed by atoms with Crippen molar-refractivity contribution >= 4 is 28.5 Å². The van der Waals surface area contributed by atoms with Gasteiger partial charge in [0.1, 0.15) is 18.4 Å². The normalized spacial score (nSPS) is 16.7. The summed E-state index contributed by atoms with van der Waals surface area (Å²) in [5.74, 6) is -0.00686. The molecular formula is C22H24ClN3O3. The van der Waals surface area contributed by atoms with Gasteiger partial charge in [-0.1, -0.05) is 29.8 Å². The van der Waals surface area contributed by atoms with Gasteiger partial charge >= 0.3 is 5.97 Å². The fourth-order valence-electron chi connectivity index (χ4n) is 3.87. The van der Waals surface area contributed by atoms with Crippen molar-refractivity contribution < 1.29 is 14.6 Å². The second kappa shape index (κ2) is 8.86. The van der Waals surface area contributed by atoms with Crippen LogP contribution in [0.2, 0.25) is 5.02 Å². The summed E-state index contributed by atoms with van der Waals surface area (Å²) in [6.45, 7) is 4.44. The minimum absolute atomic E-state index is 0.590. The third kappa shape index (κ3) is 4.56. The van der Waals surface area contributed by atoms with Crippen LogP contribution in [0.25, 0.3) is 10.9 Å². The van der Waals surface area contributed by atoms with Crippen molar-refractivity contribution in [1.82, 2.24) is 14.8 Å². The first-order valence-electron chi connectivity index (χ1n) is 9.75. The van der Waals surface area contributed by atoms with Crippen molar-refractivity contribution in [3.05, 3.63) is 65.3 Å². The topological polar surface area (TPSA) is 68.8 Å². The van der Waals surface area contributed by atoms with Crippen LogP contribution in [-0.4, -0.2) is 65.2 Å². The Morgan fingerprint density at radius 2 is 1.83 bits per heavy atom. The maximum absolute atomic E-state index is 12.1. The summed E-state index contributed by atoms with van der Waals surface area (Å²) in [7, 11) is 0. The maximum atomic E-state index is 12.1. The van der Waals surface area contributed by atoms with Crippen molar-refractivity contribution in [2.75, 3.05) is 39.3 Å². The van der Waals surface area contributed by atoms with E-state index in [1.165, 1.54) is 0 Å². The number of hydrogen-bond acceptors (Lipinski definition) is 4. The molecule has 2 aromatic carbocycles. The molecule has 1 fully saturated rings. The molecule has 1 aliphatic heterocycles. The lowest BCUT2D eigenvalue weighted by Gasteiger charge is -2.37. The summed E-state index contributed by atoms with van der Waals surface area (Å²) in [5, 5.41) is 11.6. The summed E-state index contributed by atoms with van der Waals surface area (Å²) in [6, 6.07) is 14.5. The van der Waals surface area contributed by atoms with Gasteiger partial charge in [0.25, 0.3) is 0 Å². The number of carbonyl (C=O) groups is 1. The molecule has 0 spiro atoms. The fourth-order valence-corrected chi connectivity index (χ4v) is 4.00. The predicted molar refractivity (Wildman–Crippen MR) is 114 cm³/mol. The Morgan fingerprint density at radius 1 is 1.10 bits per heavy atom. The van der Waals surface area contributed by atoms with Gasteiger partial charge in [-0.2, -0.15) is 0 Å². The maximum Gasteiger partial charge on any atom is 0.325 e. The number of ether oxygens (including phenoxy) is 1. The number of benzene rings is 2. The van der Waals surface area contributed by atoms with Crippen LogP contribution in [0, 0.1) is 0 Å². The highest BCUT2D eigenvalue weighted by Gasteiger charge is 2.31. The fraction of sp³-hybridized carbons (Fsp3) is 0.318. The van der Waals surface area contributed by atoms with Crippen molar-refractivity contribution in [2.45, 2.75) is 6.04 Å². The second-order valence-corrected chi connectivity index (χ2v) is 7.65. The summed E-state index contributed by atoms with van der Waals surface area (Å²) < 4.78 is 5.77. The van der Waals surface area contributed by atoms with Crippen LogP contribution in [0.5, 0.6) is 5.75 Å². The van der Waals surface area contributed by atoms with Gasteiger partial charge in [0.2, 0.25) is 0 Å². The van der Waals surface area contributed by atoms with Gasteiger partial charge in [-0.3, -0.25) is 14.6 Å². The number of H-pyrrole nitrogens is 1.